The van der Waals surface area contributed by atoms with Gasteiger partial charge in [-0.2, -0.15) is 13.2 Å². The molecule has 29 heavy (non-hydrogen) atoms. The van der Waals surface area contributed by atoms with Crippen molar-refractivity contribution in [1.82, 2.24) is 20.3 Å². The molecule has 0 aromatic carbocycles. The highest BCUT2D eigenvalue weighted by molar-refractivity contribution is 5.94. The van der Waals surface area contributed by atoms with Crippen LogP contribution in [0.2, 0.25) is 0 Å². The molecule has 0 saturated heterocycles. The van der Waals surface area contributed by atoms with Gasteiger partial charge in [0, 0.05) is 17.5 Å². The van der Waals surface area contributed by atoms with Crippen LogP contribution in [-0.4, -0.2) is 46.7 Å². The fraction of sp³-hybridized carbons (Fsp3) is 0.389. The van der Waals surface area contributed by atoms with Crippen LogP contribution in [0.15, 0.2) is 18.3 Å². The predicted molar refractivity (Wildman–Crippen MR) is 94.5 cm³/mol. The Labute approximate surface area is 164 Å². The summed E-state index contributed by atoms with van der Waals surface area (Å²) in [6, 6.07) is 2.43. The third-order valence-corrected chi connectivity index (χ3v) is 3.73. The number of methoxy groups -OCH3 is 1. The molecule has 1 N–H and O–H groups in total. The Kier molecular flexibility index (Phi) is 6.72. The van der Waals surface area contributed by atoms with Crippen LogP contribution in [0.3, 0.4) is 0 Å². The largest absolute Gasteiger partial charge is 0.468 e. The standard InChI is InChI=1S/C18H19F3N4O4/c1-9-5-12(7-22-16(9)29-8-18(19,20)21)11(3)24-15(26)13-6-10(2)23-14(25-13)17(27)28-4/h5-7,11H,8H2,1-4H3,(H,24,26). The van der Waals surface area contributed by atoms with Crippen molar-refractivity contribution in [1.29, 1.82) is 0 Å². The number of hydrogen-bond acceptors (Lipinski definition) is 7. The summed E-state index contributed by atoms with van der Waals surface area (Å²) in [5, 5.41) is 2.68. The quantitative estimate of drug-likeness (QED) is 0.728. The minimum Gasteiger partial charge on any atom is -0.468 e. The lowest BCUT2D eigenvalue weighted by atomic mass is 10.1. The van der Waals surface area contributed by atoms with Crippen molar-refractivity contribution >= 4 is 11.9 Å². The highest BCUT2D eigenvalue weighted by Gasteiger charge is 2.29. The molecule has 0 bridgehead atoms. The molecule has 2 aromatic rings. The molecule has 0 spiro atoms. The number of aryl methyl sites for hydroxylation is 2. The van der Waals surface area contributed by atoms with Crippen molar-refractivity contribution < 1.29 is 32.2 Å². The van der Waals surface area contributed by atoms with E-state index in [1.165, 1.54) is 19.4 Å². The van der Waals surface area contributed by atoms with E-state index in [9.17, 15) is 22.8 Å². The monoisotopic (exact) mass is 412 g/mol. The lowest BCUT2D eigenvalue weighted by molar-refractivity contribution is -0.154. The molecule has 11 heteroatoms. The number of rotatable bonds is 6. The normalized spacial score (nSPS) is 12.2. The molecule has 0 saturated carbocycles. The van der Waals surface area contributed by atoms with Crippen molar-refractivity contribution in [3.63, 3.8) is 0 Å². The lowest BCUT2D eigenvalue weighted by Gasteiger charge is -2.16. The molecule has 2 rings (SSSR count). The van der Waals surface area contributed by atoms with Gasteiger partial charge in [0.15, 0.2) is 6.61 Å². The van der Waals surface area contributed by atoms with Crippen LogP contribution < -0.4 is 10.1 Å². The fourth-order valence-electron chi connectivity index (χ4n) is 2.34. The number of carbonyl (C=O) groups excluding carboxylic acids is 2. The minimum absolute atomic E-state index is 0.0282. The highest BCUT2D eigenvalue weighted by Crippen LogP contribution is 2.22. The SMILES string of the molecule is COC(=O)c1nc(C)cc(C(=O)NC(C)c2cnc(OCC(F)(F)F)c(C)c2)n1. The molecule has 2 heterocycles. The third kappa shape index (κ3) is 6.13. The van der Waals surface area contributed by atoms with Crippen molar-refractivity contribution in [2.45, 2.75) is 33.0 Å². The summed E-state index contributed by atoms with van der Waals surface area (Å²) in [7, 11) is 1.17. The summed E-state index contributed by atoms with van der Waals surface area (Å²) in [4.78, 5) is 35.8. The molecule has 1 unspecified atom stereocenters. The number of aromatic nitrogens is 3. The van der Waals surface area contributed by atoms with Crippen LogP contribution in [0.1, 0.15) is 50.9 Å². The summed E-state index contributed by atoms with van der Waals surface area (Å²) in [5.41, 5.74) is 1.31. The van der Waals surface area contributed by atoms with Crippen LogP contribution in [0.4, 0.5) is 13.2 Å². The first-order valence-electron chi connectivity index (χ1n) is 8.41. The van der Waals surface area contributed by atoms with Gasteiger partial charge in [-0.1, -0.05) is 0 Å². The van der Waals surface area contributed by atoms with E-state index >= 15 is 0 Å². The number of amides is 1. The molecular weight excluding hydrogens is 393 g/mol. The Morgan fingerprint density at radius 2 is 1.90 bits per heavy atom. The summed E-state index contributed by atoms with van der Waals surface area (Å²) in [5.74, 6) is -1.72. The number of hydrogen-bond donors (Lipinski definition) is 1. The molecule has 1 atom stereocenters. The van der Waals surface area contributed by atoms with Gasteiger partial charge in [0.1, 0.15) is 5.69 Å². The second-order valence-electron chi connectivity index (χ2n) is 6.20. The van der Waals surface area contributed by atoms with Crippen LogP contribution >= 0.6 is 0 Å². The van der Waals surface area contributed by atoms with Crippen LogP contribution in [0.5, 0.6) is 5.88 Å². The number of carbonyl (C=O) groups is 2. The zero-order valence-electron chi connectivity index (χ0n) is 16.1. The third-order valence-electron chi connectivity index (χ3n) is 3.73. The summed E-state index contributed by atoms with van der Waals surface area (Å²) in [6.07, 6.45) is -3.15. The highest BCUT2D eigenvalue weighted by atomic mass is 19.4. The van der Waals surface area contributed by atoms with E-state index in [1.807, 2.05) is 0 Å². The van der Waals surface area contributed by atoms with E-state index in [0.29, 0.717) is 16.8 Å². The summed E-state index contributed by atoms with van der Waals surface area (Å²) >= 11 is 0. The van der Waals surface area contributed by atoms with Gasteiger partial charge in [0.25, 0.3) is 5.91 Å². The molecule has 156 valence electrons. The van der Waals surface area contributed by atoms with Gasteiger partial charge in [-0.3, -0.25) is 4.79 Å². The molecule has 8 nitrogen and oxygen atoms in total. The second-order valence-corrected chi connectivity index (χ2v) is 6.20. The topological polar surface area (TPSA) is 103 Å². The molecule has 1 amide bonds. The molecule has 2 aromatic heterocycles. The van der Waals surface area contributed by atoms with Gasteiger partial charge < -0.3 is 14.8 Å². The van der Waals surface area contributed by atoms with E-state index in [4.69, 9.17) is 0 Å². The van der Waals surface area contributed by atoms with E-state index in [2.05, 4.69) is 29.7 Å². The Morgan fingerprint density at radius 3 is 2.48 bits per heavy atom. The first-order chi connectivity index (χ1) is 13.5. The molecule has 0 aliphatic heterocycles. The smallest absolute Gasteiger partial charge is 0.422 e. The molecule has 0 fully saturated rings. The van der Waals surface area contributed by atoms with E-state index < -0.39 is 30.7 Å². The van der Waals surface area contributed by atoms with Crippen molar-refractivity contribution in [2.24, 2.45) is 0 Å². The van der Waals surface area contributed by atoms with Gasteiger partial charge in [0.2, 0.25) is 11.7 Å². The average Bonchev–Trinajstić information content (AvgIpc) is 2.64. The van der Waals surface area contributed by atoms with E-state index in [1.54, 1.807) is 26.8 Å². The lowest BCUT2D eigenvalue weighted by Crippen LogP contribution is -2.28. The minimum atomic E-state index is -4.47. The van der Waals surface area contributed by atoms with E-state index in [-0.39, 0.29) is 17.4 Å². The summed E-state index contributed by atoms with van der Waals surface area (Å²) < 4.78 is 46.0. The van der Waals surface area contributed by atoms with Gasteiger partial charge in [-0.05, 0) is 38.5 Å². The van der Waals surface area contributed by atoms with Crippen molar-refractivity contribution in [3.05, 3.63) is 46.7 Å². The Bertz CT molecular complexity index is 918. The van der Waals surface area contributed by atoms with Gasteiger partial charge in [0.05, 0.1) is 13.2 Å². The maximum atomic E-state index is 12.5. The Balaban J connectivity index is 2.13. The zero-order chi connectivity index (χ0) is 21.8. The molecule has 0 aliphatic carbocycles. The van der Waals surface area contributed by atoms with Gasteiger partial charge >= 0.3 is 12.1 Å². The number of esters is 1. The maximum Gasteiger partial charge on any atom is 0.422 e. The number of pyridine rings is 1. The van der Waals surface area contributed by atoms with Crippen LogP contribution in [-0.2, 0) is 4.74 Å². The number of nitrogens with one attached hydrogen (secondary N) is 1. The first kappa shape index (κ1) is 22.1. The van der Waals surface area contributed by atoms with Crippen molar-refractivity contribution in [2.75, 3.05) is 13.7 Å². The number of halogens is 3. The van der Waals surface area contributed by atoms with Crippen LogP contribution in [0, 0.1) is 13.8 Å². The molecular formula is C18H19F3N4O4. The van der Waals surface area contributed by atoms with Crippen LogP contribution in [0.25, 0.3) is 0 Å². The second kappa shape index (κ2) is 8.84. The average molecular weight is 412 g/mol. The molecule has 0 radical (unpaired) electrons. The van der Waals surface area contributed by atoms with E-state index in [0.717, 1.165) is 0 Å². The first-order valence-corrected chi connectivity index (χ1v) is 8.41. The maximum absolute atomic E-state index is 12.5. The number of nitrogens with zero attached hydrogens (tertiary/aromatic N) is 3. The summed E-state index contributed by atoms with van der Waals surface area (Å²) in [6.45, 7) is 3.37. The Hall–Kier alpha value is -3.24. The fourth-order valence-corrected chi connectivity index (χ4v) is 2.34. The van der Waals surface area contributed by atoms with Gasteiger partial charge in [-0.15, -0.1) is 0 Å². The number of ether oxygens (including phenoxy) is 2. The predicted octanol–water partition coefficient (Wildman–Crippen LogP) is 2.71. The zero-order valence-corrected chi connectivity index (χ0v) is 16.1. The van der Waals surface area contributed by atoms with Gasteiger partial charge in [-0.25, -0.2) is 19.7 Å². The number of alkyl halides is 3. The van der Waals surface area contributed by atoms with Crippen molar-refractivity contribution in [3.8, 4) is 5.88 Å². The molecule has 0 aliphatic rings. The Morgan fingerprint density at radius 1 is 1.21 bits per heavy atom.